The van der Waals surface area contributed by atoms with E-state index >= 15 is 0 Å². The Morgan fingerprint density at radius 1 is 1.05 bits per heavy atom. The quantitative estimate of drug-likeness (QED) is 0.887. The molecule has 2 rings (SSSR count). The summed E-state index contributed by atoms with van der Waals surface area (Å²) in [7, 11) is 0. The van der Waals surface area contributed by atoms with Crippen molar-refractivity contribution in [3.05, 3.63) is 71.3 Å². The maximum Gasteiger partial charge on any atom is 0.416 e. The van der Waals surface area contributed by atoms with Gasteiger partial charge in [-0.25, -0.2) is 0 Å². The van der Waals surface area contributed by atoms with Crippen LogP contribution in [0, 0.1) is 0 Å². The van der Waals surface area contributed by atoms with Crippen molar-refractivity contribution >= 4 is 5.97 Å². The van der Waals surface area contributed by atoms with E-state index in [4.69, 9.17) is 0 Å². The van der Waals surface area contributed by atoms with Gasteiger partial charge in [0.1, 0.15) is 6.04 Å². The van der Waals surface area contributed by atoms with Gasteiger partial charge in [-0.15, -0.1) is 0 Å². The number of carbonyl (C=O) groups is 1. The van der Waals surface area contributed by atoms with E-state index in [0.717, 1.165) is 17.7 Å². The molecule has 0 aromatic heterocycles. The van der Waals surface area contributed by atoms with E-state index in [1.807, 2.05) is 30.3 Å². The summed E-state index contributed by atoms with van der Waals surface area (Å²) < 4.78 is 37.6. The van der Waals surface area contributed by atoms with Gasteiger partial charge in [-0.1, -0.05) is 42.5 Å². The minimum Gasteiger partial charge on any atom is -0.480 e. The van der Waals surface area contributed by atoms with Gasteiger partial charge in [0.05, 0.1) is 5.56 Å². The molecule has 0 saturated carbocycles. The Morgan fingerprint density at radius 3 is 2.14 bits per heavy atom. The maximum absolute atomic E-state index is 12.5. The van der Waals surface area contributed by atoms with Gasteiger partial charge in [0.15, 0.2) is 0 Å². The van der Waals surface area contributed by atoms with E-state index in [9.17, 15) is 23.1 Å². The van der Waals surface area contributed by atoms with Crippen LogP contribution in [0.4, 0.5) is 13.2 Å². The molecule has 0 spiro atoms. The van der Waals surface area contributed by atoms with E-state index in [1.165, 1.54) is 12.1 Å². The molecule has 116 valence electrons. The Kier molecular flexibility index (Phi) is 4.82. The molecule has 0 bridgehead atoms. The lowest BCUT2D eigenvalue weighted by molar-refractivity contribution is -0.139. The second kappa shape index (κ2) is 6.62. The molecule has 0 radical (unpaired) electrons. The van der Waals surface area contributed by atoms with Crippen molar-refractivity contribution in [2.24, 2.45) is 0 Å². The smallest absolute Gasteiger partial charge is 0.416 e. The molecule has 2 aromatic carbocycles. The highest BCUT2D eigenvalue weighted by Gasteiger charge is 2.30. The van der Waals surface area contributed by atoms with Crippen molar-refractivity contribution in [2.45, 2.75) is 18.8 Å². The van der Waals surface area contributed by atoms with Crippen LogP contribution in [0.3, 0.4) is 0 Å². The first kappa shape index (κ1) is 16.0. The van der Waals surface area contributed by atoms with E-state index in [1.54, 1.807) is 0 Å². The number of aliphatic carboxylic acids is 1. The van der Waals surface area contributed by atoms with Crippen LogP contribution < -0.4 is 5.32 Å². The van der Waals surface area contributed by atoms with Crippen LogP contribution in [0.25, 0.3) is 0 Å². The topological polar surface area (TPSA) is 49.3 Å². The summed E-state index contributed by atoms with van der Waals surface area (Å²) in [6.45, 7) is 0.304. The maximum atomic E-state index is 12.5. The number of hydrogen-bond donors (Lipinski definition) is 2. The lowest BCUT2D eigenvalue weighted by atomic mass is 10.0. The van der Waals surface area contributed by atoms with Gasteiger partial charge >= 0.3 is 12.1 Å². The van der Waals surface area contributed by atoms with Crippen molar-refractivity contribution < 1.29 is 23.1 Å². The molecular formula is C16H14F3NO2. The number of carboxylic acid groups (broad SMARTS) is 1. The molecule has 0 fully saturated rings. The third-order valence-electron chi connectivity index (χ3n) is 3.17. The second-order valence-electron chi connectivity index (χ2n) is 4.76. The molecule has 0 amide bonds. The van der Waals surface area contributed by atoms with Crippen molar-refractivity contribution in [3.8, 4) is 0 Å². The zero-order valence-corrected chi connectivity index (χ0v) is 11.5. The van der Waals surface area contributed by atoms with Crippen LogP contribution in [0.1, 0.15) is 22.7 Å². The number of benzene rings is 2. The Balaban J connectivity index is 2.13. The lowest BCUT2D eigenvalue weighted by Gasteiger charge is -2.16. The van der Waals surface area contributed by atoms with E-state index in [0.29, 0.717) is 6.54 Å². The van der Waals surface area contributed by atoms with Crippen LogP contribution in [0.5, 0.6) is 0 Å². The van der Waals surface area contributed by atoms with Crippen molar-refractivity contribution in [3.63, 3.8) is 0 Å². The monoisotopic (exact) mass is 309 g/mol. The minimum atomic E-state index is -4.44. The molecule has 2 aromatic rings. The Bertz CT molecular complexity index is 624. The SMILES string of the molecule is O=C(O)[C@@H](NCc1ccccc1)c1ccc(C(F)(F)F)cc1. The number of hydrogen-bond acceptors (Lipinski definition) is 2. The molecule has 3 nitrogen and oxygen atoms in total. The second-order valence-corrected chi connectivity index (χ2v) is 4.76. The van der Waals surface area contributed by atoms with Gasteiger partial charge in [-0.2, -0.15) is 13.2 Å². The molecule has 0 aliphatic carbocycles. The zero-order valence-electron chi connectivity index (χ0n) is 11.5. The molecular weight excluding hydrogens is 295 g/mol. The fourth-order valence-corrected chi connectivity index (χ4v) is 2.03. The molecule has 0 saturated heterocycles. The van der Waals surface area contributed by atoms with E-state index in [2.05, 4.69) is 5.32 Å². The largest absolute Gasteiger partial charge is 0.480 e. The third-order valence-corrected chi connectivity index (χ3v) is 3.17. The van der Waals surface area contributed by atoms with Gasteiger partial charge < -0.3 is 5.11 Å². The Morgan fingerprint density at radius 2 is 1.64 bits per heavy atom. The normalized spacial score (nSPS) is 12.9. The van der Waals surface area contributed by atoms with Crippen molar-refractivity contribution in [1.82, 2.24) is 5.32 Å². The third kappa shape index (κ3) is 4.08. The van der Waals surface area contributed by atoms with Gasteiger partial charge in [0.25, 0.3) is 0 Å². The first-order valence-corrected chi connectivity index (χ1v) is 6.55. The number of halogens is 3. The Labute approximate surface area is 125 Å². The summed E-state index contributed by atoms with van der Waals surface area (Å²) in [4.78, 5) is 11.3. The molecule has 0 aliphatic heterocycles. The van der Waals surface area contributed by atoms with Gasteiger partial charge in [-0.3, -0.25) is 10.1 Å². The van der Waals surface area contributed by atoms with Crippen LogP contribution >= 0.6 is 0 Å². The first-order valence-electron chi connectivity index (χ1n) is 6.55. The summed E-state index contributed by atoms with van der Waals surface area (Å²) in [6, 6.07) is 12.2. The zero-order chi connectivity index (χ0) is 16.2. The van der Waals surface area contributed by atoms with Crippen LogP contribution in [-0.4, -0.2) is 11.1 Å². The van der Waals surface area contributed by atoms with Crippen LogP contribution in [0.2, 0.25) is 0 Å². The van der Waals surface area contributed by atoms with E-state index < -0.39 is 23.8 Å². The molecule has 1 atom stereocenters. The highest BCUT2D eigenvalue weighted by molar-refractivity contribution is 5.75. The molecule has 0 unspecified atom stereocenters. The number of nitrogens with one attached hydrogen (secondary N) is 1. The van der Waals surface area contributed by atoms with Crippen LogP contribution in [0.15, 0.2) is 54.6 Å². The summed E-state index contributed by atoms with van der Waals surface area (Å²) in [5, 5.41) is 12.1. The molecule has 0 aliphatic rings. The predicted octanol–water partition coefficient (Wildman–Crippen LogP) is 3.62. The summed E-state index contributed by atoms with van der Waals surface area (Å²) >= 11 is 0. The summed E-state index contributed by atoms with van der Waals surface area (Å²) in [5.74, 6) is -1.14. The minimum absolute atomic E-state index is 0.274. The molecule has 2 N–H and O–H groups in total. The highest BCUT2D eigenvalue weighted by atomic mass is 19.4. The lowest BCUT2D eigenvalue weighted by Crippen LogP contribution is -2.28. The standard InChI is InChI=1S/C16H14F3NO2/c17-16(18,19)13-8-6-12(7-9-13)14(15(21)22)20-10-11-4-2-1-3-5-11/h1-9,14,20H,10H2,(H,21,22)/t14-/m0/s1. The average Bonchev–Trinajstić information content (AvgIpc) is 2.48. The number of rotatable bonds is 5. The predicted molar refractivity (Wildman–Crippen MR) is 75.1 cm³/mol. The fraction of sp³-hybridized carbons (Fsp3) is 0.188. The summed E-state index contributed by atoms with van der Waals surface area (Å²) in [6.07, 6.45) is -4.44. The first-order chi connectivity index (χ1) is 10.4. The fourth-order valence-electron chi connectivity index (χ4n) is 2.03. The van der Waals surface area contributed by atoms with Crippen molar-refractivity contribution in [2.75, 3.05) is 0 Å². The average molecular weight is 309 g/mol. The van der Waals surface area contributed by atoms with Gasteiger partial charge in [0, 0.05) is 6.54 Å². The van der Waals surface area contributed by atoms with Crippen LogP contribution in [-0.2, 0) is 17.5 Å². The summed E-state index contributed by atoms with van der Waals surface area (Å²) in [5.41, 5.74) is 0.362. The number of alkyl halides is 3. The van der Waals surface area contributed by atoms with Gasteiger partial charge in [0.2, 0.25) is 0 Å². The van der Waals surface area contributed by atoms with Gasteiger partial charge in [-0.05, 0) is 23.3 Å². The number of carboxylic acids is 1. The van der Waals surface area contributed by atoms with E-state index in [-0.39, 0.29) is 5.56 Å². The Hall–Kier alpha value is -2.34. The molecule has 22 heavy (non-hydrogen) atoms. The van der Waals surface area contributed by atoms with Crippen molar-refractivity contribution in [1.29, 1.82) is 0 Å². The highest BCUT2D eigenvalue weighted by Crippen LogP contribution is 2.30. The molecule has 6 heteroatoms. The molecule has 0 heterocycles.